The van der Waals surface area contributed by atoms with Crippen molar-refractivity contribution in [1.29, 1.82) is 0 Å². The number of nitrogens with one attached hydrogen (secondary N) is 1. The maximum atomic E-state index is 10.7. The molecule has 0 aromatic carbocycles. The first-order valence-corrected chi connectivity index (χ1v) is 8.10. The van der Waals surface area contributed by atoms with E-state index in [9.17, 15) is 5.11 Å². The molecule has 0 bridgehead atoms. The van der Waals surface area contributed by atoms with E-state index >= 15 is 0 Å². The van der Waals surface area contributed by atoms with Gasteiger partial charge < -0.3 is 19.7 Å². The molecule has 1 aliphatic heterocycles. The fourth-order valence-electron chi connectivity index (χ4n) is 3.48. The zero-order valence-electron chi connectivity index (χ0n) is 12.7. The number of rotatable bonds is 4. The Balaban J connectivity index is 1.85. The Bertz CT molecular complexity index is 457. The fraction of sp³-hybridized carbons (Fsp3) is 0.867. The van der Waals surface area contributed by atoms with E-state index in [1.165, 1.54) is 6.42 Å². The van der Waals surface area contributed by atoms with Gasteiger partial charge in [-0.15, -0.1) is 0 Å². The lowest BCUT2D eigenvalue weighted by molar-refractivity contribution is -0.0777. The average molecular weight is 295 g/mol. The number of hydrogen-bond acceptors (Lipinski definition) is 6. The number of aromatic nitrogens is 2. The Morgan fingerprint density at radius 2 is 1.90 bits per heavy atom. The number of ether oxygens (including phenoxy) is 1. The van der Waals surface area contributed by atoms with Crippen molar-refractivity contribution in [3.05, 3.63) is 11.7 Å². The highest BCUT2D eigenvalue weighted by Gasteiger charge is 2.42. The lowest BCUT2D eigenvalue weighted by Gasteiger charge is -2.34. The summed E-state index contributed by atoms with van der Waals surface area (Å²) in [5, 5.41) is 18.1. The van der Waals surface area contributed by atoms with Crippen LogP contribution in [0.25, 0.3) is 0 Å². The third-order valence-corrected chi connectivity index (χ3v) is 4.74. The SMILES string of the molecule is CCOC1(c2noc(C3(O)CCNCC3)n2)CCCCC1. The molecule has 2 N–H and O–H groups in total. The largest absolute Gasteiger partial charge is 0.380 e. The molecule has 1 aromatic heterocycles. The zero-order chi connectivity index (χ0) is 14.8. The Morgan fingerprint density at radius 1 is 1.19 bits per heavy atom. The van der Waals surface area contributed by atoms with Gasteiger partial charge in [0, 0.05) is 6.61 Å². The molecule has 0 atom stereocenters. The van der Waals surface area contributed by atoms with Crippen LogP contribution in [0.4, 0.5) is 0 Å². The summed E-state index contributed by atoms with van der Waals surface area (Å²) in [6.45, 7) is 4.17. The van der Waals surface area contributed by atoms with Crippen LogP contribution in [0.3, 0.4) is 0 Å². The summed E-state index contributed by atoms with van der Waals surface area (Å²) >= 11 is 0. The normalized spacial score (nSPS) is 24.9. The predicted octanol–water partition coefficient (Wildman–Crippen LogP) is 1.84. The van der Waals surface area contributed by atoms with E-state index in [2.05, 4.69) is 15.5 Å². The van der Waals surface area contributed by atoms with Crippen LogP contribution in [0.5, 0.6) is 0 Å². The first-order chi connectivity index (χ1) is 10.2. The Labute approximate surface area is 125 Å². The van der Waals surface area contributed by atoms with Gasteiger partial charge in [0.1, 0.15) is 11.2 Å². The highest BCUT2D eigenvalue weighted by molar-refractivity contribution is 5.08. The third kappa shape index (κ3) is 2.84. The van der Waals surface area contributed by atoms with Gasteiger partial charge in [-0.05, 0) is 45.7 Å². The van der Waals surface area contributed by atoms with Gasteiger partial charge >= 0.3 is 0 Å². The van der Waals surface area contributed by atoms with Gasteiger partial charge in [-0.1, -0.05) is 24.4 Å². The summed E-state index contributed by atoms with van der Waals surface area (Å²) in [7, 11) is 0. The monoisotopic (exact) mass is 295 g/mol. The van der Waals surface area contributed by atoms with Crippen molar-refractivity contribution in [2.24, 2.45) is 0 Å². The second kappa shape index (κ2) is 6.02. The van der Waals surface area contributed by atoms with E-state index in [0.29, 0.717) is 31.2 Å². The molecular formula is C15H25N3O3. The molecule has 2 fully saturated rings. The van der Waals surface area contributed by atoms with Crippen LogP contribution in [-0.2, 0) is 15.9 Å². The number of piperidine rings is 1. The summed E-state index contributed by atoms with van der Waals surface area (Å²) in [4.78, 5) is 4.54. The molecule has 6 nitrogen and oxygen atoms in total. The van der Waals surface area contributed by atoms with Gasteiger partial charge in [0.15, 0.2) is 0 Å². The quantitative estimate of drug-likeness (QED) is 0.882. The smallest absolute Gasteiger partial charge is 0.258 e. The molecule has 3 rings (SSSR count). The lowest BCUT2D eigenvalue weighted by atomic mass is 9.84. The molecule has 0 spiro atoms. The highest BCUT2D eigenvalue weighted by Crippen LogP contribution is 2.40. The molecule has 0 amide bonds. The van der Waals surface area contributed by atoms with Crippen LogP contribution in [-0.4, -0.2) is 34.9 Å². The fourth-order valence-corrected chi connectivity index (χ4v) is 3.48. The predicted molar refractivity (Wildman–Crippen MR) is 76.7 cm³/mol. The summed E-state index contributed by atoms with van der Waals surface area (Å²) in [5.41, 5.74) is -1.41. The lowest BCUT2D eigenvalue weighted by Crippen LogP contribution is -2.40. The Hall–Kier alpha value is -0.980. The molecule has 21 heavy (non-hydrogen) atoms. The molecule has 0 unspecified atom stereocenters. The van der Waals surface area contributed by atoms with E-state index in [0.717, 1.165) is 38.8 Å². The van der Waals surface area contributed by atoms with Crippen molar-refractivity contribution >= 4 is 0 Å². The molecular weight excluding hydrogens is 270 g/mol. The minimum Gasteiger partial charge on any atom is -0.380 e. The number of nitrogens with zero attached hydrogens (tertiary/aromatic N) is 2. The number of hydrogen-bond donors (Lipinski definition) is 2. The molecule has 1 aliphatic carbocycles. The van der Waals surface area contributed by atoms with Crippen molar-refractivity contribution in [2.75, 3.05) is 19.7 Å². The van der Waals surface area contributed by atoms with E-state index < -0.39 is 11.2 Å². The second-order valence-electron chi connectivity index (χ2n) is 6.19. The highest BCUT2D eigenvalue weighted by atomic mass is 16.5. The van der Waals surface area contributed by atoms with Gasteiger partial charge in [-0.25, -0.2) is 0 Å². The summed E-state index contributed by atoms with van der Waals surface area (Å²) in [6.07, 6.45) is 6.55. The molecule has 1 saturated carbocycles. The molecule has 1 aromatic rings. The third-order valence-electron chi connectivity index (χ3n) is 4.74. The maximum absolute atomic E-state index is 10.7. The Morgan fingerprint density at radius 3 is 2.57 bits per heavy atom. The summed E-state index contributed by atoms with van der Waals surface area (Å²) in [6, 6.07) is 0. The van der Waals surface area contributed by atoms with Gasteiger partial charge in [0.25, 0.3) is 5.89 Å². The molecule has 118 valence electrons. The van der Waals surface area contributed by atoms with Crippen LogP contribution < -0.4 is 5.32 Å². The maximum Gasteiger partial charge on any atom is 0.258 e. The minimum atomic E-state index is -0.988. The van der Waals surface area contributed by atoms with E-state index in [-0.39, 0.29) is 0 Å². The van der Waals surface area contributed by atoms with Crippen LogP contribution in [0, 0.1) is 0 Å². The molecule has 1 saturated heterocycles. The van der Waals surface area contributed by atoms with Crippen LogP contribution >= 0.6 is 0 Å². The first-order valence-electron chi connectivity index (χ1n) is 8.10. The second-order valence-corrected chi connectivity index (χ2v) is 6.19. The van der Waals surface area contributed by atoms with Gasteiger partial charge in [0.05, 0.1) is 0 Å². The van der Waals surface area contributed by atoms with Crippen molar-refractivity contribution in [3.63, 3.8) is 0 Å². The zero-order valence-corrected chi connectivity index (χ0v) is 12.7. The minimum absolute atomic E-state index is 0.351. The van der Waals surface area contributed by atoms with E-state index in [4.69, 9.17) is 9.26 Å². The topological polar surface area (TPSA) is 80.4 Å². The van der Waals surface area contributed by atoms with Crippen LogP contribution in [0.2, 0.25) is 0 Å². The molecule has 2 aliphatic rings. The average Bonchev–Trinajstić information content (AvgIpc) is 3.01. The van der Waals surface area contributed by atoms with Crippen molar-refractivity contribution in [1.82, 2.24) is 15.5 Å². The van der Waals surface area contributed by atoms with Gasteiger partial charge in [0.2, 0.25) is 5.82 Å². The summed E-state index contributed by atoms with van der Waals surface area (Å²) in [5.74, 6) is 0.967. The van der Waals surface area contributed by atoms with E-state index in [1.54, 1.807) is 0 Å². The van der Waals surface area contributed by atoms with Crippen molar-refractivity contribution in [3.8, 4) is 0 Å². The standard InChI is InChI=1S/C15H25N3O3/c1-2-20-15(6-4-3-5-7-15)12-17-13(21-18-12)14(19)8-10-16-11-9-14/h16,19H,2-11H2,1H3. The van der Waals surface area contributed by atoms with Gasteiger partial charge in [-0.3, -0.25) is 0 Å². The summed E-state index contributed by atoms with van der Waals surface area (Å²) < 4.78 is 11.4. The number of aliphatic hydroxyl groups is 1. The first kappa shape index (κ1) is 14.9. The van der Waals surface area contributed by atoms with Crippen molar-refractivity contribution in [2.45, 2.75) is 63.1 Å². The molecule has 6 heteroatoms. The van der Waals surface area contributed by atoms with Crippen LogP contribution in [0.15, 0.2) is 4.52 Å². The Kier molecular flexibility index (Phi) is 4.28. The van der Waals surface area contributed by atoms with Gasteiger partial charge in [-0.2, -0.15) is 4.98 Å². The van der Waals surface area contributed by atoms with E-state index in [1.807, 2.05) is 6.92 Å². The molecule has 2 heterocycles. The molecule has 0 radical (unpaired) electrons. The van der Waals surface area contributed by atoms with Crippen molar-refractivity contribution < 1.29 is 14.4 Å². The van der Waals surface area contributed by atoms with Crippen LogP contribution in [0.1, 0.15) is 63.6 Å².